The Morgan fingerprint density at radius 2 is 1.32 bits per heavy atom. The number of hydrogen-bond donors (Lipinski definition) is 3. The molecule has 1 heterocycles. The lowest BCUT2D eigenvalue weighted by Gasteiger charge is -2.21. The van der Waals surface area contributed by atoms with E-state index in [-0.39, 0.29) is 31.7 Å². The molecule has 0 aliphatic carbocycles. The zero-order valence-electron chi connectivity index (χ0n) is 30.4. The summed E-state index contributed by atoms with van der Waals surface area (Å²) in [6, 6.07) is 26.9. The zero-order valence-corrected chi connectivity index (χ0v) is 32.9. The van der Waals surface area contributed by atoms with E-state index in [1.54, 1.807) is 60.2 Å². The van der Waals surface area contributed by atoms with Crippen LogP contribution in [0.4, 0.5) is 10.1 Å². The summed E-state index contributed by atoms with van der Waals surface area (Å²) in [6.07, 6.45) is -0.935. The quantitative estimate of drug-likeness (QED) is 0.128. The topological polar surface area (TPSA) is 196 Å². The van der Waals surface area contributed by atoms with Crippen molar-refractivity contribution in [2.24, 2.45) is 0 Å². The first-order valence-electron chi connectivity index (χ1n) is 16.9. The number of aryl methyl sites for hydroxylation is 1. The molecule has 6 aromatic rings. The first-order valence-corrected chi connectivity index (χ1v) is 21.3. The minimum atomic E-state index is -4.46. The molecule has 0 saturated heterocycles. The standard InChI is InChI=1S/C39H35FN4O10S3/c1-25-15-20-35(34(23-25)54-3)57(51,52)43-39(46)37(27-9-7-10-28(24-27)53-2)44-22-21-31-32(13-8-14-33(31)44)41-55(47,48)30-18-16-26(17-19-30)36(40)38(45)42-56(49,50)29-11-5-4-6-12-29/h4-24,36-37,41H,1-3H3,(H,42,45)(H,43,46). The average molecular weight is 835 g/mol. The lowest BCUT2D eigenvalue weighted by atomic mass is 10.1. The Labute approximate surface area is 328 Å². The van der Waals surface area contributed by atoms with Gasteiger partial charge in [0.05, 0.1) is 35.2 Å². The molecule has 0 aliphatic rings. The second-order valence-electron chi connectivity index (χ2n) is 12.6. The second kappa shape index (κ2) is 16.1. The van der Waals surface area contributed by atoms with Gasteiger partial charge in [0, 0.05) is 11.6 Å². The van der Waals surface area contributed by atoms with Gasteiger partial charge in [-0.05, 0) is 90.3 Å². The molecule has 1 aromatic heterocycles. The van der Waals surface area contributed by atoms with Crippen LogP contribution in [-0.4, -0.2) is 55.9 Å². The number of nitrogens with one attached hydrogen (secondary N) is 3. The third-order valence-electron chi connectivity index (χ3n) is 8.79. The maximum Gasteiger partial charge on any atom is 0.272 e. The molecule has 2 atom stereocenters. The Hall–Kier alpha value is -6.24. The molecule has 2 unspecified atom stereocenters. The molecule has 18 heteroatoms. The first kappa shape index (κ1) is 40.4. The molecule has 0 fully saturated rings. The molecule has 57 heavy (non-hydrogen) atoms. The summed E-state index contributed by atoms with van der Waals surface area (Å²) >= 11 is 0. The van der Waals surface area contributed by atoms with Gasteiger partial charge in [0.2, 0.25) is 6.17 Å². The van der Waals surface area contributed by atoms with Crippen LogP contribution < -0.4 is 23.6 Å². The van der Waals surface area contributed by atoms with Gasteiger partial charge in [-0.2, -0.15) is 0 Å². The minimum Gasteiger partial charge on any atom is -0.497 e. The van der Waals surface area contributed by atoms with Gasteiger partial charge < -0.3 is 14.0 Å². The van der Waals surface area contributed by atoms with Gasteiger partial charge in [0.25, 0.3) is 41.9 Å². The minimum absolute atomic E-state index is 0.0375. The summed E-state index contributed by atoms with van der Waals surface area (Å²) in [5.41, 5.74) is 1.22. The van der Waals surface area contributed by atoms with Crippen LogP contribution in [0.5, 0.6) is 11.5 Å². The molecule has 0 spiro atoms. The molecule has 14 nitrogen and oxygen atoms in total. The third kappa shape index (κ3) is 8.62. The van der Waals surface area contributed by atoms with Crippen molar-refractivity contribution in [3.8, 4) is 11.5 Å². The van der Waals surface area contributed by atoms with Crippen molar-refractivity contribution in [2.45, 2.75) is 33.8 Å². The highest BCUT2D eigenvalue weighted by Crippen LogP contribution is 2.33. The third-order valence-corrected chi connectivity index (χ3v) is 12.9. The van der Waals surface area contributed by atoms with E-state index >= 15 is 4.39 Å². The lowest BCUT2D eigenvalue weighted by Crippen LogP contribution is -2.37. The average Bonchev–Trinajstić information content (AvgIpc) is 3.62. The summed E-state index contributed by atoms with van der Waals surface area (Å²) in [4.78, 5) is 25.8. The Balaban J connectivity index is 1.28. The van der Waals surface area contributed by atoms with Crippen LogP contribution in [0.1, 0.15) is 28.9 Å². The van der Waals surface area contributed by atoms with Gasteiger partial charge in [-0.1, -0.05) is 54.6 Å². The molecule has 3 N–H and O–H groups in total. The van der Waals surface area contributed by atoms with Crippen molar-refractivity contribution in [1.29, 1.82) is 0 Å². The van der Waals surface area contributed by atoms with Crippen molar-refractivity contribution >= 4 is 58.5 Å². The number of nitrogens with zero attached hydrogens (tertiary/aromatic N) is 1. The Morgan fingerprint density at radius 1 is 0.649 bits per heavy atom. The van der Waals surface area contributed by atoms with E-state index in [0.29, 0.717) is 22.2 Å². The van der Waals surface area contributed by atoms with E-state index < -0.39 is 54.1 Å². The predicted molar refractivity (Wildman–Crippen MR) is 209 cm³/mol. The number of hydrogen-bond acceptors (Lipinski definition) is 10. The van der Waals surface area contributed by atoms with Crippen LogP contribution in [0.25, 0.3) is 10.9 Å². The fourth-order valence-electron chi connectivity index (χ4n) is 6.01. The summed E-state index contributed by atoms with van der Waals surface area (Å²) in [5.74, 6) is -1.97. The number of benzene rings is 5. The molecule has 5 aromatic carbocycles. The number of amides is 2. The maximum absolute atomic E-state index is 15.1. The van der Waals surface area contributed by atoms with Crippen molar-refractivity contribution < 1.29 is 48.7 Å². The van der Waals surface area contributed by atoms with Gasteiger partial charge in [-0.25, -0.2) is 39.1 Å². The summed E-state index contributed by atoms with van der Waals surface area (Å²) in [6.45, 7) is 1.76. The molecular weight excluding hydrogens is 800 g/mol. The van der Waals surface area contributed by atoms with Gasteiger partial charge in [-0.15, -0.1) is 0 Å². The monoisotopic (exact) mass is 834 g/mol. The Bertz CT molecular complexity index is 2810. The maximum atomic E-state index is 15.1. The van der Waals surface area contributed by atoms with Crippen molar-refractivity contribution in [2.75, 3.05) is 18.9 Å². The number of anilines is 1. The summed E-state index contributed by atoms with van der Waals surface area (Å²) in [7, 11) is -10.4. The van der Waals surface area contributed by atoms with Crippen LogP contribution in [0.15, 0.2) is 142 Å². The molecule has 296 valence electrons. The van der Waals surface area contributed by atoms with Crippen LogP contribution >= 0.6 is 0 Å². The molecule has 0 aliphatic heterocycles. The predicted octanol–water partition coefficient (Wildman–Crippen LogP) is 5.38. The van der Waals surface area contributed by atoms with Crippen LogP contribution in [0.3, 0.4) is 0 Å². The van der Waals surface area contributed by atoms with Crippen molar-refractivity contribution in [3.05, 3.63) is 144 Å². The molecule has 0 radical (unpaired) electrons. The fraction of sp³-hybridized carbons (Fsp3) is 0.128. The van der Waals surface area contributed by atoms with E-state index in [1.807, 2.05) is 0 Å². The second-order valence-corrected chi connectivity index (χ2v) is 17.6. The molecule has 0 saturated carbocycles. The molecule has 0 bridgehead atoms. The fourth-order valence-corrected chi connectivity index (χ4v) is 9.23. The number of aromatic nitrogens is 1. The Kier molecular flexibility index (Phi) is 11.4. The van der Waals surface area contributed by atoms with E-state index in [9.17, 15) is 34.8 Å². The number of carbonyl (C=O) groups excluding carboxylic acids is 2. The van der Waals surface area contributed by atoms with Crippen molar-refractivity contribution in [1.82, 2.24) is 14.0 Å². The highest BCUT2D eigenvalue weighted by Gasteiger charge is 2.31. The van der Waals surface area contributed by atoms with Gasteiger partial charge >= 0.3 is 0 Å². The van der Waals surface area contributed by atoms with E-state index in [4.69, 9.17) is 9.47 Å². The molecular formula is C39H35FN4O10S3. The SMILES string of the molecule is COc1cccc(C(C(=O)NS(=O)(=O)c2ccc(C)cc2OC)n2ccc3c(NS(=O)(=O)c4ccc(C(F)C(=O)NS(=O)(=O)c5ccccc5)cc4)cccc32)c1. The first-order chi connectivity index (χ1) is 27.0. The van der Waals surface area contributed by atoms with E-state index in [1.165, 1.54) is 73.5 Å². The number of alkyl halides is 1. The molecule has 2 amide bonds. The van der Waals surface area contributed by atoms with E-state index in [0.717, 1.165) is 29.8 Å². The number of sulfonamides is 3. The van der Waals surface area contributed by atoms with E-state index in [2.05, 4.69) is 9.44 Å². The zero-order chi connectivity index (χ0) is 41.1. The summed E-state index contributed by atoms with van der Waals surface area (Å²) in [5, 5.41) is 0.335. The lowest BCUT2D eigenvalue weighted by molar-refractivity contribution is -0.124. The largest absolute Gasteiger partial charge is 0.497 e. The van der Waals surface area contributed by atoms with Crippen LogP contribution in [0.2, 0.25) is 0 Å². The normalized spacial score (nSPS) is 13.0. The number of carbonyl (C=O) groups is 2. The number of methoxy groups -OCH3 is 2. The Morgan fingerprint density at radius 3 is 2.00 bits per heavy atom. The highest BCUT2D eigenvalue weighted by atomic mass is 32.2. The number of rotatable bonds is 14. The van der Waals surface area contributed by atoms with Crippen LogP contribution in [0, 0.1) is 6.92 Å². The number of fused-ring (bicyclic) bond motifs is 1. The number of ether oxygens (including phenoxy) is 2. The summed E-state index contributed by atoms with van der Waals surface area (Å²) < 4.78 is 113. The van der Waals surface area contributed by atoms with Gasteiger partial charge in [0.15, 0.2) is 0 Å². The smallest absolute Gasteiger partial charge is 0.272 e. The van der Waals surface area contributed by atoms with Crippen LogP contribution in [-0.2, 0) is 39.7 Å². The van der Waals surface area contributed by atoms with Gasteiger partial charge in [-0.3, -0.25) is 14.3 Å². The van der Waals surface area contributed by atoms with Gasteiger partial charge in [0.1, 0.15) is 22.4 Å². The highest BCUT2D eigenvalue weighted by molar-refractivity contribution is 7.92. The van der Waals surface area contributed by atoms with Crippen molar-refractivity contribution in [3.63, 3.8) is 0 Å². The molecule has 6 rings (SSSR count). The number of halogens is 1.